The summed E-state index contributed by atoms with van der Waals surface area (Å²) in [4.78, 5) is 29.6. The van der Waals surface area contributed by atoms with E-state index in [2.05, 4.69) is 10.1 Å². The molecule has 0 aliphatic carbocycles. The van der Waals surface area contributed by atoms with E-state index in [-0.39, 0.29) is 6.61 Å². The molecule has 2 heterocycles. The summed E-state index contributed by atoms with van der Waals surface area (Å²) in [7, 11) is 0. The van der Waals surface area contributed by atoms with Gasteiger partial charge in [0.05, 0.1) is 5.88 Å². The van der Waals surface area contributed by atoms with Crippen molar-refractivity contribution in [1.29, 1.82) is 0 Å². The molecule has 0 aromatic carbocycles. The highest BCUT2D eigenvalue weighted by Gasteiger charge is 2.38. The number of aromatic nitrogens is 2. The molecule has 122 valence electrons. The predicted molar refractivity (Wildman–Crippen MR) is 78.0 cm³/mol. The number of aryl methyl sites for hydroxylation is 1. The van der Waals surface area contributed by atoms with E-state index in [0.29, 0.717) is 23.3 Å². The van der Waals surface area contributed by atoms with Gasteiger partial charge in [-0.1, -0.05) is 5.16 Å². The number of amides is 1. The van der Waals surface area contributed by atoms with Gasteiger partial charge >= 0.3 is 12.1 Å². The van der Waals surface area contributed by atoms with Gasteiger partial charge in [-0.05, 0) is 20.8 Å². The second-order valence-electron chi connectivity index (χ2n) is 5.80. The van der Waals surface area contributed by atoms with Gasteiger partial charge in [-0.25, -0.2) is 9.59 Å². The highest BCUT2D eigenvalue weighted by atomic mass is 32.2. The monoisotopic (exact) mass is 329 g/mol. The SMILES string of the molecule is Cc1nc(COC(=O)C2CSCN2C(=O)OC(C)(C)C)no1. The molecule has 1 aliphatic rings. The van der Waals surface area contributed by atoms with E-state index in [4.69, 9.17) is 14.0 Å². The van der Waals surface area contributed by atoms with E-state index in [9.17, 15) is 9.59 Å². The average Bonchev–Trinajstić information content (AvgIpc) is 3.02. The minimum atomic E-state index is -0.659. The van der Waals surface area contributed by atoms with Crippen molar-refractivity contribution < 1.29 is 23.6 Å². The number of esters is 1. The molecule has 2 rings (SSSR count). The maximum atomic E-state index is 12.1. The van der Waals surface area contributed by atoms with Crippen LogP contribution in [0.25, 0.3) is 0 Å². The third-order valence-corrected chi connectivity index (χ3v) is 3.71. The number of rotatable bonds is 3. The summed E-state index contributed by atoms with van der Waals surface area (Å²) in [6, 6.07) is -0.659. The smallest absolute Gasteiger partial charge is 0.411 e. The van der Waals surface area contributed by atoms with Crippen LogP contribution in [0.15, 0.2) is 4.52 Å². The molecule has 0 bridgehead atoms. The van der Waals surface area contributed by atoms with E-state index >= 15 is 0 Å². The van der Waals surface area contributed by atoms with Crippen molar-refractivity contribution in [3.63, 3.8) is 0 Å². The van der Waals surface area contributed by atoms with Gasteiger partial charge in [0.25, 0.3) is 0 Å². The van der Waals surface area contributed by atoms with Gasteiger partial charge < -0.3 is 14.0 Å². The van der Waals surface area contributed by atoms with Crippen LogP contribution in [0.2, 0.25) is 0 Å². The molecular formula is C13H19N3O5S. The lowest BCUT2D eigenvalue weighted by Crippen LogP contribution is -2.45. The van der Waals surface area contributed by atoms with Crippen LogP contribution in [0.1, 0.15) is 32.5 Å². The number of thioether (sulfide) groups is 1. The Bertz CT molecular complexity index is 554. The van der Waals surface area contributed by atoms with Gasteiger partial charge in [0.15, 0.2) is 6.61 Å². The van der Waals surface area contributed by atoms with Crippen molar-refractivity contribution in [3.8, 4) is 0 Å². The molecule has 1 amide bonds. The third kappa shape index (κ3) is 4.36. The molecule has 1 aliphatic heterocycles. The van der Waals surface area contributed by atoms with Crippen molar-refractivity contribution in [2.45, 2.75) is 45.9 Å². The molecule has 1 fully saturated rings. The maximum Gasteiger partial charge on any atom is 0.411 e. The van der Waals surface area contributed by atoms with Gasteiger partial charge in [0.2, 0.25) is 11.7 Å². The number of hydrogen-bond donors (Lipinski definition) is 0. The zero-order valence-electron chi connectivity index (χ0n) is 13.0. The van der Waals surface area contributed by atoms with Crippen molar-refractivity contribution in [2.75, 3.05) is 11.6 Å². The van der Waals surface area contributed by atoms with Crippen molar-refractivity contribution >= 4 is 23.8 Å². The van der Waals surface area contributed by atoms with Crippen LogP contribution in [0.4, 0.5) is 4.79 Å². The Morgan fingerprint density at radius 1 is 1.45 bits per heavy atom. The van der Waals surface area contributed by atoms with E-state index in [1.807, 2.05) is 0 Å². The van der Waals surface area contributed by atoms with Crippen LogP contribution in [-0.2, 0) is 20.9 Å². The highest BCUT2D eigenvalue weighted by molar-refractivity contribution is 7.99. The molecule has 1 aromatic heterocycles. The molecule has 0 N–H and O–H groups in total. The molecule has 0 spiro atoms. The summed E-state index contributed by atoms with van der Waals surface area (Å²) in [5.41, 5.74) is -0.610. The Labute approximate surface area is 132 Å². The predicted octanol–water partition coefficient (Wildman–Crippen LogP) is 1.73. The minimum absolute atomic E-state index is 0.0838. The summed E-state index contributed by atoms with van der Waals surface area (Å²) in [5, 5.41) is 3.64. The maximum absolute atomic E-state index is 12.1. The Morgan fingerprint density at radius 2 is 2.18 bits per heavy atom. The Morgan fingerprint density at radius 3 is 2.77 bits per heavy atom. The largest absolute Gasteiger partial charge is 0.456 e. The van der Waals surface area contributed by atoms with E-state index < -0.39 is 23.7 Å². The van der Waals surface area contributed by atoms with Crippen molar-refractivity contribution in [1.82, 2.24) is 15.0 Å². The van der Waals surface area contributed by atoms with E-state index in [1.54, 1.807) is 27.7 Å². The first-order chi connectivity index (χ1) is 10.3. The average molecular weight is 329 g/mol. The van der Waals surface area contributed by atoms with Crippen LogP contribution >= 0.6 is 11.8 Å². The fourth-order valence-electron chi connectivity index (χ4n) is 1.77. The highest BCUT2D eigenvalue weighted by Crippen LogP contribution is 2.24. The number of carbonyl (C=O) groups is 2. The molecule has 1 unspecified atom stereocenters. The van der Waals surface area contributed by atoms with Crippen LogP contribution in [-0.4, -0.2) is 50.4 Å². The fraction of sp³-hybridized carbons (Fsp3) is 0.692. The minimum Gasteiger partial charge on any atom is -0.456 e. The molecule has 8 nitrogen and oxygen atoms in total. The molecular weight excluding hydrogens is 310 g/mol. The summed E-state index contributed by atoms with van der Waals surface area (Å²) in [6.07, 6.45) is -0.519. The van der Waals surface area contributed by atoms with Gasteiger partial charge in [0, 0.05) is 12.7 Å². The first-order valence-electron chi connectivity index (χ1n) is 6.79. The summed E-state index contributed by atoms with van der Waals surface area (Å²) in [5.74, 6) is 1.07. The molecule has 1 aromatic rings. The van der Waals surface area contributed by atoms with Crippen molar-refractivity contribution in [3.05, 3.63) is 11.7 Å². The fourth-order valence-corrected chi connectivity index (χ4v) is 2.90. The Kier molecular flexibility index (Phi) is 4.94. The zero-order valence-corrected chi connectivity index (χ0v) is 13.8. The lowest BCUT2D eigenvalue weighted by molar-refractivity contribution is -0.149. The van der Waals surface area contributed by atoms with E-state index in [1.165, 1.54) is 16.7 Å². The molecule has 0 saturated carbocycles. The van der Waals surface area contributed by atoms with Gasteiger partial charge in [0.1, 0.15) is 11.6 Å². The Balaban J connectivity index is 1.91. The quantitative estimate of drug-likeness (QED) is 0.774. The molecule has 1 saturated heterocycles. The number of nitrogens with zero attached hydrogens (tertiary/aromatic N) is 3. The molecule has 1 atom stereocenters. The van der Waals surface area contributed by atoms with Crippen LogP contribution < -0.4 is 0 Å². The van der Waals surface area contributed by atoms with Gasteiger partial charge in [-0.2, -0.15) is 4.98 Å². The van der Waals surface area contributed by atoms with E-state index in [0.717, 1.165) is 0 Å². The zero-order chi connectivity index (χ0) is 16.3. The van der Waals surface area contributed by atoms with Crippen LogP contribution in [0.5, 0.6) is 0 Å². The molecule has 22 heavy (non-hydrogen) atoms. The van der Waals surface area contributed by atoms with Gasteiger partial charge in [-0.3, -0.25) is 4.90 Å². The molecule has 0 radical (unpaired) electrons. The van der Waals surface area contributed by atoms with Crippen LogP contribution in [0, 0.1) is 6.92 Å². The van der Waals surface area contributed by atoms with Crippen LogP contribution in [0.3, 0.4) is 0 Å². The molecule has 9 heteroatoms. The first-order valence-corrected chi connectivity index (χ1v) is 7.95. The second kappa shape index (κ2) is 6.55. The summed E-state index contributed by atoms with van der Waals surface area (Å²) >= 11 is 1.47. The number of ether oxygens (including phenoxy) is 2. The third-order valence-electron chi connectivity index (χ3n) is 2.70. The lowest BCUT2D eigenvalue weighted by atomic mass is 10.2. The summed E-state index contributed by atoms with van der Waals surface area (Å²) < 4.78 is 15.2. The number of hydrogen-bond acceptors (Lipinski definition) is 8. The topological polar surface area (TPSA) is 94.8 Å². The first kappa shape index (κ1) is 16.6. The second-order valence-corrected chi connectivity index (χ2v) is 6.80. The summed E-state index contributed by atoms with van der Waals surface area (Å²) in [6.45, 7) is 6.90. The van der Waals surface area contributed by atoms with Crippen molar-refractivity contribution in [2.24, 2.45) is 0 Å². The Hall–Kier alpha value is -1.77. The standard InChI is InChI=1S/C13H19N3O5S/c1-8-14-10(15-21-8)5-19-11(17)9-6-22-7-16(9)12(18)20-13(2,3)4/h9H,5-7H2,1-4H3. The normalized spacial score (nSPS) is 18.4. The van der Waals surface area contributed by atoms with Gasteiger partial charge in [-0.15, -0.1) is 11.8 Å². The number of carbonyl (C=O) groups excluding carboxylic acids is 2. The lowest BCUT2D eigenvalue weighted by Gasteiger charge is -2.26.